The number of nitrogens with one attached hydrogen (secondary N) is 1. The Hall–Kier alpha value is -1.10. The van der Waals surface area contributed by atoms with Gasteiger partial charge in [-0.1, -0.05) is 0 Å². The molecule has 5 heteroatoms. The highest BCUT2D eigenvalue weighted by molar-refractivity contribution is 5.89. The van der Waals surface area contributed by atoms with Gasteiger partial charge in [0.15, 0.2) is 0 Å². The molecule has 0 unspecified atom stereocenters. The molecule has 0 aromatic rings. The first-order valence-corrected chi connectivity index (χ1v) is 3.87. The second kappa shape index (κ2) is 3.10. The molecule has 68 valence electrons. The van der Waals surface area contributed by atoms with Gasteiger partial charge >= 0.3 is 0 Å². The zero-order valence-electron chi connectivity index (χ0n) is 6.80. The summed E-state index contributed by atoms with van der Waals surface area (Å²) in [5, 5.41) is 2.44. The number of carbonyl (C=O) groups excluding carboxylic acids is 2. The van der Waals surface area contributed by atoms with Crippen molar-refractivity contribution in [1.82, 2.24) is 5.32 Å². The van der Waals surface area contributed by atoms with E-state index in [1.165, 1.54) is 0 Å². The maximum Gasteiger partial charge on any atom is 0.236 e. The van der Waals surface area contributed by atoms with Gasteiger partial charge in [-0.25, -0.2) is 0 Å². The molecule has 1 aliphatic rings. The standard InChI is InChI=1S/C7H13N3O2/c8-4-7(1-2-7)6(12)10-3-5(9)11/h1-4,8H2,(H2,9,11)(H,10,12). The van der Waals surface area contributed by atoms with E-state index in [-0.39, 0.29) is 12.5 Å². The van der Waals surface area contributed by atoms with Crippen molar-refractivity contribution in [1.29, 1.82) is 0 Å². The van der Waals surface area contributed by atoms with Crippen molar-refractivity contribution in [2.75, 3.05) is 13.1 Å². The van der Waals surface area contributed by atoms with Crippen LogP contribution in [0.15, 0.2) is 0 Å². The molecular weight excluding hydrogens is 158 g/mol. The minimum absolute atomic E-state index is 0.0966. The molecule has 0 aromatic carbocycles. The van der Waals surface area contributed by atoms with E-state index in [4.69, 9.17) is 11.5 Å². The van der Waals surface area contributed by atoms with Crippen LogP contribution in [0.25, 0.3) is 0 Å². The third-order valence-electron chi connectivity index (χ3n) is 2.15. The Balaban J connectivity index is 2.33. The fourth-order valence-electron chi connectivity index (χ4n) is 1.03. The lowest BCUT2D eigenvalue weighted by Crippen LogP contribution is -2.40. The van der Waals surface area contributed by atoms with Crippen LogP contribution in [-0.4, -0.2) is 24.9 Å². The van der Waals surface area contributed by atoms with Crippen molar-refractivity contribution in [2.24, 2.45) is 16.9 Å². The fraction of sp³-hybridized carbons (Fsp3) is 0.714. The topological polar surface area (TPSA) is 98.2 Å². The summed E-state index contributed by atoms with van der Waals surface area (Å²) < 4.78 is 0. The Morgan fingerprint density at radius 1 is 1.42 bits per heavy atom. The van der Waals surface area contributed by atoms with Crippen LogP contribution in [0.4, 0.5) is 0 Å². The van der Waals surface area contributed by atoms with Gasteiger partial charge in [-0.2, -0.15) is 0 Å². The number of amides is 2. The third-order valence-corrected chi connectivity index (χ3v) is 2.15. The summed E-state index contributed by atoms with van der Waals surface area (Å²) in [4.78, 5) is 21.6. The summed E-state index contributed by atoms with van der Waals surface area (Å²) >= 11 is 0. The molecule has 12 heavy (non-hydrogen) atoms. The molecule has 0 aromatic heterocycles. The second-order valence-electron chi connectivity index (χ2n) is 3.13. The Morgan fingerprint density at radius 2 is 2.00 bits per heavy atom. The van der Waals surface area contributed by atoms with Crippen molar-refractivity contribution >= 4 is 11.8 Å². The fourth-order valence-corrected chi connectivity index (χ4v) is 1.03. The van der Waals surface area contributed by atoms with E-state index in [0.717, 1.165) is 12.8 Å². The number of primary amides is 1. The van der Waals surface area contributed by atoms with E-state index in [1.807, 2.05) is 0 Å². The van der Waals surface area contributed by atoms with E-state index in [1.54, 1.807) is 0 Å². The zero-order chi connectivity index (χ0) is 9.19. The summed E-state index contributed by atoms with van der Waals surface area (Å²) in [6.07, 6.45) is 1.63. The molecule has 0 atom stereocenters. The molecular formula is C7H13N3O2. The molecule has 0 spiro atoms. The van der Waals surface area contributed by atoms with Crippen LogP contribution in [0.1, 0.15) is 12.8 Å². The second-order valence-corrected chi connectivity index (χ2v) is 3.13. The Morgan fingerprint density at radius 3 is 2.33 bits per heavy atom. The Labute approximate surface area is 70.5 Å². The molecule has 2 amide bonds. The summed E-state index contributed by atoms with van der Waals surface area (Å²) in [6, 6.07) is 0. The molecule has 1 saturated carbocycles. The average molecular weight is 171 g/mol. The maximum absolute atomic E-state index is 11.3. The quantitative estimate of drug-likeness (QED) is 0.471. The molecule has 0 radical (unpaired) electrons. The van der Waals surface area contributed by atoms with Crippen LogP contribution >= 0.6 is 0 Å². The number of hydrogen-bond acceptors (Lipinski definition) is 3. The lowest BCUT2D eigenvalue weighted by atomic mass is 10.1. The van der Waals surface area contributed by atoms with E-state index in [9.17, 15) is 9.59 Å². The van der Waals surface area contributed by atoms with Crippen molar-refractivity contribution in [3.05, 3.63) is 0 Å². The maximum atomic E-state index is 11.3. The predicted molar refractivity (Wildman–Crippen MR) is 42.9 cm³/mol. The first kappa shape index (κ1) is 8.99. The van der Waals surface area contributed by atoms with Crippen molar-refractivity contribution in [3.8, 4) is 0 Å². The average Bonchev–Trinajstić information content (AvgIpc) is 2.80. The highest BCUT2D eigenvalue weighted by Crippen LogP contribution is 2.44. The van der Waals surface area contributed by atoms with Gasteiger partial charge in [-0.3, -0.25) is 9.59 Å². The normalized spacial score (nSPS) is 18.4. The summed E-state index contributed by atoms with van der Waals surface area (Å²) in [5.74, 6) is -0.681. The number of rotatable bonds is 4. The highest BCUT2D eigenvalue weighted by Gasteiger charge is 2.48. The Bertz CT molecular complexity index is 211. The monoisotopic (exact) mass is 171 g/mol. The molecule has 5 N–H and O–H groups in total. The predicted octanol–water partition coefficient (Wildman–Crippen LogP) is -1.67. The lowest BCUT2D eigenvalue weighted by molar-refractivity contribution is -0.128. The van der Waals surface area contributed by atoms with Gasteiger partial charge in [0.2, 0.25) is 11.8 Å². The van der Waals surface area contributed by atoms with Crippen LogP contribution in [0.3, 0.4) is 0 Å². The zero-order valence-corrected chi connectivity index (χ0v) is 6.80. The van der Waals surface area contributed by atoms with Gasteiger partial charge in [0.25, 0.3) is 0 Å². The summed E-state index contributed by atoms with van der Waals surface area (Å²) in [5.41, 5.74) is 9.87. The van der Waals surface area contributed by atoms with Gasteiger partial charge in [0.1, 0.15) is 0 Å². The molecule has 0 saturated heterocycles. The van der Waals surface area contributed by atoms with Gasteiger partial charge in [-0.05, 0) is 12.8 Å². The van der Waals surface area contributed by atoms with Crippen molar-refractivity contribution in [3.63, 3.8) is 0 Å². The van der Waals surface area contributed by atoms with Crippen LogP contribution in [-0.2, 0) is 9.59 Å². The van der Waals surface area contributed by atoms with Crippen LogP contribution in [0, 0.1) is 5.41 Å². The molecule has 0 bridgehead atoms. The Kier molecular flexibility index (Phi) is 2.32. The molecule has 5 nitrogen and oxygen atoms in total. The first-order chi connectivity index (χ1) is 5.60. The summed E-state index contributed by atoms with van der Waals surface area (Å²) in [6.45, 7) is 0.248. The van der Waals surface area contributed by atoms with Crippen LogP contribution in [0.2, 0.25) is 0 Å². The number of hydrogen-bond donors (Lipinski definition) is 3. The summed E-state index contributed by atoms with van der Waals surface area (Å²) in [7, 11) is 0. The van der Waals surface area contributed by atoms with Gasteiger partial charge < -0.3 is 16.8 Å². The minimum Gasteiger partial charge on any atom is -0.368 e. The van der Waals surface area contributed by atoms with Crippen molar-refractivity contribution < 1.29 is 9.59 Å². The van der Waals surface area contributed by atoms with Gasteiger partial charge in [0.05, 0.1) is 12.0 Å². The van der Waals surface area contributed by atoms with Crippen LogP contribution in [0.5, 0.6) is 0 Å². The highest BCUT2D eigenvalue weighted by atomic mass is 16.2. The molecule has 1 aliphatic carbocycles. The third kappa shape index (κ3) is 1.73. The molecule has 0 heterocycles. The van der Waals surface area contributed by atoms with E-state index in [2.05, 4.69) is 5.32 Å². The smallest absolute Gasteiger partial charge is 0.236 e. The minimum atomic E-state index is -0.531. The largest absolute Gasteiger partial charge is 0.368 e. The number of carbonyl (C=O) groups is 2. The number of nitrogens with two attached hydrogens (primary N) is 2. The van der Waals surface area contributed by atoms with Crippen molar-refractivity contribution in [2.45, 2.75) is 12.8 Å². The van der Waals surface area contributed by atoms with E-state index >= 15 is 0 Å². The van der Waals surface area contributed by atoms with Gasteiger partial charge in [-0.15, -0.1) is 0 Å². The van der Waals surface area contributed by atoms with E-state index in [0.29, 0.717) is 6.54 Å². The van der Waals surface area contributed by atoms with Gasteiger partial charge in [0, 0.05) is 6.54 Å². The first-order valence-electron chi connectivity index (χ1n) is 3.87. The molecule has 1 rings (SSSR count). The lowest BCUT2D eigenvalue weighted by Gasteiger charge is -2.10. The molecule has 1 fully saturated rings. The SMILES string of the molecule is NCC1(C(=O)NCC(N)=O)CC1. The molecule has 0 aliphatic heterocycles. The van der Waals surface area contributed by atoms with Crippen LogP contribution < -0.4 is 16.8 Å². The van der Waals surface area contributed by atoms with E-state index < -0.39 is 11.3 Å².